The van der Waals surface area contributed by atoms with Crippen molar-refractivity contribution in [1.82, 2.24) is 20.1 Å². The Kier molecular flexibility index (Phi) is 7.45. The number of amides is 1. The molecule has 2 N–H and O–H groups in total. The van der Waals surface area contributed by atoms with Crippen LogP contribution in [0.15, 0.2) is 47.4 Å². The highest BCUT2D eigenvalue weighted by Gasteiger charge is 2.33. The van der Waals surface area contributed by atoms with Crippen LogP contribution >= 0.6 is 0 Å². The first-order valence-corrected chi connectivity index (χ1v) is 10.4. The van der Waals surface area contributed by atoms with Crippen molar-refractivity contribution < 1.29 is 18.0 Å². The lowest BCUT2D eigenvalue weighted by Gasteiger charge is -2.14. The van der Waals surface area contributed by atoms with Crippen LogP contribution in [0.2, 0.25) is 0 Å². The Morgan fingerprint density at radius 2 is 1.81 bits per heavy atom. The zero-order valence-corrected chi connectivity index (χ0v) is 17.6. The quantitative estimate of drug-likeness (QED) is 0.487. The Bertz CT molecular complexity index is 1140. The van der Waals surface area contributed by atoms with Crippen molar-refractivity contribution in [2.75, 3.05) is 18.4 Å². The standard InChI is InChI=1S/C22H24F3N5O2/c1-2-3-6-14-30-21(32)16-9-5-4-8-15(16)18(29-30)20(31)28-13-12-27-19-17(22(23,24)25)10-7-11-26-19/h4-5,7-11H,2-3,6,12-14H2,1H3,(H,26,27)(H,28,31). The fourth-order valence-corrected chi connectivity index (χ4v) is 3.28. The SMILES string of the molecule is CCCCCn1nc(C(=O)NCCNc2ncccc2C(F)(F)F)c2ccccc2c1=O. The monoisotopic (exact) mass is 447 g/mol. The number of halogens is 3. The molecule has 7 nitrogen and oxygen atoms in total. The van der Waals surface area contributed by atoms with Gasteiger partial charge >= 0.3 is 6.18 Å². The first kappa shape index (κ1) is 23.2. The molecule has 10 heteroatoms. The molecule has 0 atom stereocenters. The number of unbranched alkanes of at least 4 members (excludes halogenated alkanes) is 2. The number of alkyl halides is 3. The Morgan fingerprint density at radius 3 is 2.53 bits per heavy atom. The largest absolute Gasteiger partial charge is 0.419 e. The highest BCUT2D eigenvalue weighted by molar-refractivity contribution is 6.04. The van der Waals surface area contributed by atoms with Gasteiger partial charge in [-0.1, -0.05) is 38.0 Å². The molecule has 0 fully saturated rings. The van der Waals surface area contributed by atoms with E-state index in [0.717, 1.165) is 25.3 Å². The molecule has 170 valence electrons. The van der Waals surface area contributed by atoms with E-state index in [-0.39, 0.29) is 30.2 Å². The number of carbonyl (C=O) groups excluding carboxylic acids is 1. The maximum absolute atomic E-state index is 13.1. The molecule has 0 aliphatic carbocycles. The van der Waals surface area contributed by atoms with Crippen LogP contribution in [0.1, 0.15) is 42.2 Å². The van der Waals surface area contributed by atoms with Crippen LogP contribution in [-0.4, -0.2) is 33.8 Å². The lowest BCUT2D eigenvalue weighted by Crippen LogP contribution is -2.33. The molecule has 0 bridgehead atoms. The number of hydrogen-bond donors (Lipinski definition) is 2. The van der Waals surface area contributed by atoms with E-state index in [1.165, 1.54) is 16.9 Å². The van der Waals surface area contributed by atoms with E-state index in [1.54, 1.807) is 24.3 Å². The number of rotatable bonds is 9. The molecular weight excluding hydrogens is 423 g/mol. The van der Waals surface area contributed by atoms with E-state index in [2.05, 4.69) is 20.7 Å². The number of hydrogen-bond acceptors (Lipinski definition) is 5. The first-order chi connectivity index (χ1) is 15.3. The van der Waals surface area contributed by atoms with Crippen LogP contribution in [-0.2, 0) is 12.7 Å². The summed E-state index contributed by atoms with van der Waals surface area (Å²) < 4.78 is 40.5. The van der Waals surface area contributed by atoms with Gasteiger partial charge in [0, 0.05) is 31.2 Å². The van der Waals surface area contributed by atoms with Gasteiger partial charge in [-0.2, -0.15) is 18.3 Å². The van der Waals surface area contributed by atoms with Gasteiger partial charge in [-0.15, -0.1) is 0 Å². The van der Waals surface area contributed by atoms with E-state index in [0.29, 0.717) is 17.3 Å². The van der Waals surface area contributed by atoms with Crippen LogP contribution in [0.5, 0.6) is 0 Å². The molecule has 2 aromatic heterocycles. The number of benzene rings is 1. The molecule has 32 heavy (non-hydrogen) atoms. The number of nitrogens with one attached hydrogen (secondary N) is 2. The van der Waals surface area contributed by atoms with E-state index >= 15 is 0 Å². The molecular formula is C22H24F3N5O2. The zero-order chi connectivity index (χ0) is 23.1. The average molecular weight is 447 g/mol. The van der Waals surface area contributed by atoms with Gasteiger partial charge in [-0.3, -0.25) is 9.59 Å². The normalized spacial score (nSPS) is 11.5. The molecule has 2 heterocycles. The van der Waals surface area contributed by atoms with Crippen molar-refractivity contribution in [2.45, 2.75) is 38.9 Å². The fourth-order valence-electron chi connectivity index (χ4n) is 3.28. The van der Waals surface area contributed by atoms with Crippen LogP contribution < -0.4 is 16.2 Å². The molecule has 0 saturated carbocycles. The van der Waals surface area contributed by atoms with Crippen molar-refractivity contribution in [3.63, 3.8) is 0 Å². The molecule has 0 aliphatic heterocycles. The van der Waals surface area contributed by atoms with E-state index in [9.17, 15) is 22.8 Å². The van der Waals surface area contributed by atoms with Gasteiger partial charge in [0.25, 0.3) is 11.5 Å². The first-order valence-electron chi connectivity index (χ1n) is 10.4. The maximum atomic E-state index is 13.1. The third kappa shape index (κ3) is 5.43. The molecule has 1 aromatic carbocycles. The third-order valence-corrected chi connectivity index (χ3v) is 4.87. The summed E-state index contributed by atoms with van der Waals surface area (Å²) in [6, 6.07) is 8.87. The highest BCUT2D eigenvalue weighted by Crippen LogP contribution is 2.33. The lowest BCUT2D eigenvalue weighted by atomic mass is 10.1. The number of pyridine rings is 1. The summed E-state index contributed by atoms with van der Waals surface area (Å²) in [5.74, 6) is -0.813. The van der Waals surface area contributed by atoms with Crippen LogP contribution in [0.25, 0.3) is 10.8 Å². The van der Waals surface area contributed by atoms with Crippen molar-refractivity contribution in [1.29, 1.82) is 0 Å². The number of nitrogens with zero attached hydrogens (tertiary/aromatic N) is 3. The molecule has 0 unspecified atom stereocenters. The second kappa shape index (κ2) is 10.3. The van der Waals surface area contributed by atoms with Gasteiger partial charge in [0.15, 0.2) is 5.69 Å². The van der Waals surface area contributed by atoms with Crippen LogP contribution in [0.3, 0.4) is 0 Å². The zero-order valence-electron chi connectivity index (χ0n) is 17.6. The minimum atomic E-state index is -4.53. The Labute approximate surface area is 182 Å². The smallest absolute Gasteiger partial charge is 0.368 e. The molecule has 0 spiro atoms. The molecule has 3 rings (SSSR count). The van der Waals surface area contributed by atoms with Gasteiger partial charge in [0.2, 0.25) is 0 Å². The van der Waals surface area contributed by atoms with Crippen molar-refractivity contribution in [3.8, 4) is 0 Å². The van der Waals surface area contributed by atoms with Crippen molar-refractivity contribution >= 4 is 22.5 Å². The summed E-state index contributed by atoms with van der Waals surface area (Å²) in [6.45, 7) is 2.52. The number of aromatic nitrogens is 3. The second-order valence-corrected chi connectivity index (χ2v) is 7.21. The van der Waals surface area contributed by atoms with E-state index < -0.39 is 17.6 Å². The highest BCUT2D eigenvalue weighted by atomic mass is 19.4. The van der Waals surface area contributed by atoms with Crippen LogP contribution in [0, 0.1) is 0 Å². The number of fused-ring (bicyclic) bond motifs is 1. The molecule has 0 radical (unpaired) electrons. The van der Waals surface area contributed by atoms with Gasteiger partial charge in [0.05, 0.1) is 10.9 Å². The summed E-state index contributed by atoms with van der Waals surface area (Å²) in [4.78, 5) is 29.2. The summed E-state index contributed by atoms with van der Waals surface area (Å²) in [5, 5.41) is 10.3. The van der Waals surface area contributed by atoms with E-state index in [1.807, 2.05) is 6.92 Å². The van der Waals surface area contributed by atoms with E-state index in [4.69, 9.17) is 0 Å². The molecule has 0 saturated heterocycles. The average Bonchev–Trinajstić information content (AvgIpc) is 2.78. The molecule has 3 aromatic rings. The summed E-state index contributed by atoms with van der Waals surface area (Å²) in [6.07, 6.45) is -0.600. The minimum Gasteiger partial charge on any atom is -0.368 e. The lowest BCUT2D eigenvalue weighted by molar-refractivity contribution is -0.137. The van der Waals surface area contributed by atoms with Crippen molar-refractivity contribution in [3.05, 3.63) is 64.2 Å². The fraction of sp³-hybridized carbons (Fsp3) is 0.364. The van der Waals surface area contributed by atoms with Gasteiger partial charge < -0.3 is 10.6 Å². The Morgan fingerprint density at radius 1 is 1.06 bits per heavy atom. The predicted octanol–water partition coefficient (Wildman–Crippen LogP) is 3.84. The van der Waals surface area contributed by atoms with Crippen molar-refractivity contribution in [2.24, 2.45) is 0 Å². The third-order valence-electron chi connectivity index (χ3n) is 4.87. The number of aryl methyl sites for hydroxylation is 1. The summed E-state index contributed by atoms with van der Waals surface area (Å²) >= 11 is 0. The van der Waals surface area contributed by atoms with Crippen LogP contribution in [0.4, 0.5) is 19.0 Å². The van der Waals surface area contributed by atoms with Gasteiger partial charge in [0.1, 0.15) is 5.82 Å². The summed E-state index contributed by atoms with van der Waals surface area (Å²) in [7, 11) is 0. The Balaban J connectivity index is 1.72. The molecule has 1 amide bonds. The summed E-state index contributed by atoms with van der Waals surface area (Å²) in [5.41, 5.74) is -1.03. The molecule has 0 aliphatic rings. The number of anilines is 1. The minimum absolute atomic E-state index is 0.0277. The topological polar surface area (TPSA) is 88.9 Å². The number of carbonyl (C=O) groups is 1. The second-order valence-electron chi connectivity index (χ2n) is 7.21. The van der Waals surface area contributed by atoms with Gasteiger partial charge in [-0.05, 0) is 24.6 Å². The predicted molar refractivity (Wildman–Crippen MR) is 116 cm³/mol. The van der Waals surface area contributed by atoms with Gasteiger partial charge in [-0.25, -0.2) is 9.67 Å². The Hall–Kier alpha value is -3.43. The maximum Gasteiger partial charge on any atom is 0.419 e.